The molecule has 1 aromatic rings. The van der Waals surface area contributed by atoms with Gasteiger partial charge in [0.15, 0.2) is 0 Å². The van der Waals surface area contributed by atoms with Crippen molar-refractivity contribution in [2.75, 3.05) is 23.9 Å². The highest BCUT2D eigenvalue weighted by molar-refractivity contribution is 7.98. The minimum absolute atomic E-state index is 0.858. The molecular weight excluding hydrogens is 242 g/mol. The molecule has 1 rings (SSSR count). The van der Waals surface area contributed by atoms with Crippen molar-refractivity contribution in [1.82, 2.24) is 9.97 Å². The first kappa shape index (κ1) is 15.3. The first-order valence-electron chi connectivity index (χ1n) is 6.83. The van der Waals surface area contributed by atoms with Crippen LogP contribution in [-0.4, -0.2) is 28.5 Å². The van der Waals surface area contributed by atoms with Crippen LogP contribution in [0.1, 0.15) is 44.1 Å². The monoisotopic (exact) mass is 267 g/mol. The molecule has 0 aliphatic heterocycles. The maximum atomic E-state index is 4.40. The van der Waals surface area contributed by atoms with Gasteiger partial charge in [-0.05, 0) is 38.2 Å². The predicted molar refractivity (Wildman–Crippen MR) is 81.5 cm³/mol. The zero-order valence-corrected chi connectivity index (χ0v) is 12.6. The van der Waals surface area contributed by atoms with Crippen molar-refractivity contribution >= 4 is 17.6 Å². The van der Waals surface area contributed by atoms with E-state index in [0.717, 1.165) is 30.3 Å². The Morgan fingerprint density at radius 3 is 2.67 bits per heavy atom. The van der Waals surface area contributed by atoms with Gasteiger partial charge in [0.25, 0.3) is 0 Å². The van der Waals surface area contributed by atoms with Gasteiger partial charge in [0.2, 0.25) is 0 Å². The van der Waals surface area contributed by atoms with Crippen molar-refractivity contribution in [2.24, 2.45) is 0 Å². The van der Waals surface area contributed by atoms with E-state index in [0.29, 0.717) is 0 Å². The second kappa shape index (κ2) is 9.20. The van der Waals surface area contributed by atoms with E-state index < -0.39 is 0 Å². The molecule has 0 spiro atoms. The Labute approximate surface area is 115 Å². The lowest BCUT2D eigenvalue weighted by atomic mass is 10.2. The van der Waals surface area contributed by atoms with Crippen LogP contribution in [0.5, 0.6) is 0 Å². The van der Waals surface area contributed by atoms with Crippen molar-refractivity contribution in [3.8, 4) is 0 Å². The standard InChI is InChI=1S/C14H25N3S/c1-4-13-11-14(17-12(2)16-13)15-9-7-5-6-8-10-18-3/h11H,4-10H2,1-3H3,(H,15,16,17). The van der Waals surface area contributed by atoms with Crippen LogP contribution in [-0.2, 0) is 6.42 Å². The highest BCUT2D eigenvalue weighted by Crippen LogP contribution is 2.09. The highest BCUT2D eigenvalue weighted by Gasteiger charge is 1.99. The Hall–Kier alpha value is -0.770. The number of thioether (sulfide) groups is 1. The molecule has 0 saturated heterocycles. The molecular formula is C14H25N3S. The average Bonchev–Trinajstić information content (AvgIpc) is 2.37. The summed E-state index contributed by atoms with van der Waals surface area (Å²) in [5.41, 5.74) is 1.12. The fraction of sp³-hybridized carbons (Fsp3) is 0.714. The molecule has 1 heterocycles. The lowest BCUT2D eigenvalue weighted by Crippen LogP contribution is -2.06. The molecule has 0 unspecified atom stereocenters. The number of nitrogens with one attached hydrogen (secondary N) is 1. The number of hydrogen-bond donors (Lipinski definition) is 1. The van der Waals surface area contributed by atoms with Gasteiger partial charge in [-0.2, -0.15) is 11.8 Å². The van der Waals surface area contributed by atoms with Gasteiger partial charge in [0.1, 0.15) is 11.6 Å². The molecule has 0 aliphatic carbocycles. The number of hydrogen-bond acceptors (Lipinski definition) is 4. The number of unbranched alkanes of at least 4 members (excludes halogenated alkanes) is 3. The molecule has 0 fully saturated rings. The van der Waals surface area contributed by atoms with Gasteiger partial charge in [-0.3, -0.25) is 0 Å². The highest BCUT2D eigenvalue weighted by atomic mass is 32.2. The van der Waals surface area contributed by atoms with Crippen molar-refractivity contribution in [3.05, 3.63) is 17.6 Å². The van der Waals surface area contributed by atoms with Gasteiger partial charge in [-0.1, -0.05) is 19.8 Å². The van der Waals surface area contributed by atoms with E-state index in [-0.39, 0.29) is 0 Å². The molecule has 0 bridgehead atoms. The zero-order chi connectivity index (χ0) is 13.2. The molecule has 0 aliphatic rings. The third-order valence-corrected chi connectivity index (χ3v) is 3.53. The Morgan fingerprint density at radius 2 is 1.94 bits per heavy atom. The van der Waals surface area contributed by atoms with Gasteiger partial charge in [0.05, 0.1) is 0 Å². The average molecular weight is 267 g/mol. The topological polar surface area (TPSA) is 37.8 Å². The number of aryl methyl sites for hydroxylation is 2. The lowest BCUT2D eigenvalue weighted by Gasteiger charge is -2.07. The molecule has 0 amide bonds. The predicted octanol–water partition coefficient (Wildman–Crippen LogP) is 3.68. The summed E-state index contributed by atoms with van der Waals surface area (Å²) < 4.78 is 0. The molecule has 3 nitrogen and oxygen atoms in total. The summed E-state index contributed by atoms with van der Waals surface area (Å²) in [6.07, 6.45) is 8.34. The van der Waals surface area contributed by atoms with Crippen LogP contribution in [0.15, 0.2) is 6.07 Å². The number of rotatable bonds is 9. The molecule has 0 atom stereocenters. The zero-order valence-electron chi connectivity index (χ0n) is 11.8. The van der Waals surface area contributed by atoms with Gasteiger partial charge in [-0.15, -0.1) is 0 Å². The SMILES string of the molecule is CCc1cc(NCCCCCCSC)nc(C)n1. The molecule has 1 N–H and O–H groups in total. The summed E-state index contributed by atoms with van der Waals surface area (Å²) in [6, 6.07) is 2.06. The first-order chi connectivity index (χ1) is 8.76. The maximum absolute atomic E-state index is 4.40. The second-order valence-electron chi connectivity index (χ2n) is 4.48. The van der Waals surface area contributed by atoms with Gasteiger partial charge >= 0.3 is 0 Å². The number of anilines is 1. The minimum Gasteiger partial charge on any atom is -0.370 e. The summed E-state index contributed by atoms with van der Waals surface area (Å²) >= 11 is 1.94. The van der Waals surface area contributed by atoms with E-state index in [9.17, 15) is 0 Å². The Bertz CT molecular complexity index is 342. The van der Waals surface area contributed by atoms with Crippen molar-refractivity contribution in [1.29, 1.82) is 0 Å². The number of aromatic nitrogens is 2. The van der Waals surface area contributed by atoms with Gasteiger partial charge in [0, 0.05) is 18.3 Å². The second-order valence-corrected chi connectivity index (χ2v) is 5.46. The summed E-state index contributed by atoms with van der Waals surface area (Å²) in [6.45, 7) is 5.09. The first-order valence-corrected chi connectivity index (χ1v) is 8.23. The van der Waals surface area contributed by atoms with Crippen LogP contribution >= 0.6 is 11.8 Å². The summed E-state index contributed by atoms with van der Waals surface area (Å²) in [5, 5.41) is 3.39. The third-order valence-electron chi connectivity index (χ3n) is 2.83. The van der Waals surface area contributed by atoms with Crippen LogP contribution in [0, 0.1) is 6.92 Å². The largest absolute Gasteiger partial charge is 0.370 e. The third kappa shape index (κ3) is 6.24. The van der Waals surface area contributed by atoms with E-state index in [1.54, 1.807) is 0 Å². The van der Waals surface area contributed by atoms with E-state index in [4.69, 9.17) is 0 Å². The summed E-state index contributed by atoms with van der Waals surface area (Å²) in [5.74, 6) is 3.12. The molecule has 4 heteroatoms. The van der Waals surface area contributed by atoms with Gasteiger partial charge in [-0.25, -0.2) is 9.97 Å². The van der Waals surface area contributed by atoms with E-state index in [1.165, 1.54) is 31.4 Å². The van der Waals surface area contributed by atoms with E-state index in [1.807, 2.05) is 18.7 Å². The van der Waals surface area contributed by atoms with Gasteiger partial charge < -0.3 is 5.32 Å². The van der Waals surface area contributed by atoms with E-state index in [2.05, 4.69) is 34.5 Å². The van der Waals surface area contributed by atoms with Crippen molar-refractivity contribution in [2.45, 2.75) is 46.0 Å². The van der Waals surface area contributed by atoms with Crippen LogP contribution < -0.4 is 5.32 Å². The van der Waals surface area contributed by atoms with Crippen molar-refractivity contribution < 1.29 is 0 Å². The molecule has 1 aromatic heterocycles. The number of nitrogens with zero attached hydrogens (tertiary/aromatic N) is 2. The maximum Gasteiger partial charge on any atom is 0.129 e. The molecule has 0 radical (unpaired) electrons. The molecule has 102 valence electrons. The lowest BCUT2D eigenvalue weighted by molar-refractivity contribution is 0.688. The fourth-order valence-corrected chi connectivity index (χ4v) is 2.34. The van der Waals surface area contributed by atoms with E-state index >= 15 is 0 Å². The Balaban J connectivity index is 2.20. The Morgan fingerprint density at radius 1 is 1.17 bits per heavy atom. The van der Waals surface area contributed by atoms with Crippen LogP contribution in [0.2, 0.25) is 0 Å². The quantitative estimate of drug-likeness (QED) is 0.693. The molecule has 18 heavy (non-hydrogen) atoms. The van der Waals surface area contributed by atoms with Crippen LogP contribution in [0.3, 0.4) is 0 Å². The Kier molecular flexibility index (Phi) is 7.81. The van der Waals surface area contributed by atoms with Crippen LogP contribution in [0.25, 0.3) is 0 Å². The minimum atomic E-state index is 0.858. The van der Waals surface area contributed by atoms with Crippen LogP contribution in [0.4, 0.5) is 5.82 Å². The smallest absolute Gasteiger partial charge is 0.129 e. The summed E-state index contributed by atoms with van der Waals surface area (Å²) in [7, 11) is 0. The molecule has 0 saturated carbocycles. The summed E-state index contributed by atoms with van der Waals surface area (Å²) in [4.78, 5) is 8.78. The normalized spacial score (nSPS) is 10.6. The van der Waals surface area contributed by atoms with Crippen molar-refractivity contribution in [3.63, 3.8) is 0 Å². The molecule has 0 aromatic carbocycles. The fourth-order valence-electron chi connectivity index (χ4n) is 1.84.